The van der Waals surface area contributed by atoms with Crippen LogP contribution in [0, 0.1) is 5.92 Å². The zero-order chi connectivity index (χ0) is 28.9. The van der Waals surface area contributed by atoms with Crippen LogP contribution in [0.4, 0.5) is 0 Å². The van der Waals surface area contributed by atoms with Crippen LogP contribution in [0.3, 0.4) is 0 Å². The van der Waals surface area contributed by atoms with Gasteiger partial charge in [0.2, 0.25) is 17.7 Å². The molecule has 0 spiro atoms. The molecule has 0 radical (unpaired) electrons. The number of nitrogens with one attached hydrogen (secondary N) is 3. The average molecular weight is 546 g/mol. The molecule has 0 aromatic carbocycles. The van der Waals surface area contributed by atoms with Gasteiger partial charge in [0.15, 0.2) is 6.29 Å². The zero-order valence-electron chi connectivity index (χ0n) is 23.6. The maximum Gasteiger partial charge on any atom is 0.306 e. The van der Waals surface area contributed by atoms with Crippen molar-refractivity contribution in [2.75, 3.05) is 19.7 Å². The second kappa shape index (κ2) is 16.6. The molecule has 1 fully saturated rings. The van der Waals surface area contributed by atoms with Gasteiger partial charge in [0.25, 0.3) is 0 Å². The number of hydrogen-bond acceptors (Lipinski definition) is 9. The Kier molecular flexibility index (Phi) is 14.8. The SMILES string of the molecule is CC(=O)NCCCC[C@@H](NC(C)=O)C(=O)NCC1OC(OCCCCC(=O)OC(C)(C)C)C(C)C(O)C1O. The number of carbonyl (C=O) groups is 4. The van der Waals surface area contributed by atoms with Crippen LogP contribution < -0.4 is 16.0 Å². The molecule has 1 saturated heterocycles. The van der Waals surface area contributed by atoms with E-state index in [0.717, 1.165) is 0 Å². The summed E-state index contributed by atoms with van der Waals surface area (Å²) in [6.07, 6.45) is -1.08. The Labute approximate surface area is 225 Å². The van der Waals surface area contributed by atoms with Crippen molar-refractivity contribution in [1.82, 2.24) is 16.0 Å². The highest BCUT2D eigenvalue weighted by Gasteiger charge is 2.42. The quantitative estimate of drug-likeness (QED) is 0.145. The van der Waals surface area contributed by atoms with Crippen molar-refractivity contribution in [2.24, 2.45) is 5.92 Å². The molecule has 1 aliphatic heterocycles. The van der Waals surface area contributed by atoms with E-state index in [-0.39, 0.29) is 37.4 Å². The number of hydrogen-bond donors (Lipinski definition) is 5. The van der Waals surface area contributed by atoms with Gasteiger partial charge < -0.3 is 40.4 Å². The summed E-state index contributed by atoms with van der Waals surface area (Å²) < 4.78 is 16.9. The number of amides is 3. The predicted molar refractivity (Wildman–Crippen MR) is 139 cm³/mol. The first kappa shape index (κ1) is 33.7. The predicted octanol–water partition coefficient (Wildman–Crippen LogP) is 0.525. The van der Waals surface area contributed by atoms with Crippen molar-refractivity contribution < 1.29 is 43.6 Å². The fourth-order valence-electron chi connectivity index (χ4n) is 3.97. The molecule has 3 amide bonds. The van der Waals surface area contributed by atoms with Gasteiger partial charge in [0.1, 0.15) is 23.9 Å². The normalized spacial score (nSPS) is 24.3. The van der Waals surface area contributed by atoms with E-state index in [4.69, 9.17) is 14.2 Å². The van der Waals surface area contributed by atoms with Crippen LogP contribution in [-0.2, 0) is 33.4 Å². The highest BCUT2D eigenvalue weighted by Crippen LogP contribution is 2.27. The van der Waals surface area contributed by atoms with E-state index < -0.39 is 48.1 Å². The second-order valence-corrected chi connectivity index (χ2v) is 10.8. The maximum absolute atomic E-state index is 12.7. The van der Waals surface area contributed by atoms with Crippen LogP contribution in [0.1, 0.15) is 80.1 Å². The van der Waals surface area contributed by atoms with E-state index >= 15 is 0 Å². The lowest BCUT2D eigenvalue weighted by atomic mass is 9.92. The molecule has 1 rings (SSSR count). The molecule has 6 atom stereocenters. The molecule has 12 nitrogen and oxygen atoms in total. The van der Waals surface area contributed by atoms with Crippen molar-refractivity contribution in [3.8, 4) is 0 Å². The van der Waals surface area contributed by atoms with E-state index in [1.54, 1.807) is 6.92 Å². The Morgan fingerprint density at radius 1 is 0.947 bits per heavy atom. The van der Waals surface area contributed by atoms with Gasteiger partial charge in [-0.15, -0.1) is 0 Å². The number of unbranched alkanes of at least 4 members (excludes halogenated alkanes) is 2. The summed E-state index contributed by atoms with van der Waals surface area (Å²) in [5, 5.41) is 29.0. The highest BCUT2D eigenvalue weighted by molar-refractivity contribution is 5.86. The molecule has 0 bridgehead atoms. The number of carbonyl (C=O) groups excluding carboxylic acids is 4. The number of rotatable bonds is 15. The van der Waals surface area contributed by atoms with E-state index in [9.17, 15) is 29.4 Å². The molecular weight excluding hydrogens is 498 g/mol. The van der Waals surface area contributed by atoms with Gasteiger partial charge in [-0.3, -0.25) is 19.2 Å². The van der Waals surface area contributed by atoms with Gasteiger partial charge in [0.05, 0.1) is 6.10 Å². The molecule has 1 aliphatic rings. The summed E-state index contributed by atoms with van der Waals surface area (Å²) in [6, 6.07) is -0.786. The molecule has 220 valence electrons. The number of aliphatic hydroxyl groups excluding tert-OH is 2. The van der Waals surface area contributed by atoms with Gasteiger partial charge in [-0.1, -0.05) is 6.92 Å². The first-order valence-electron chi connectivity index (χ1n) is 13.4. The smallest absolute Gasteiger partial charge is 0.306 e. The largest absolute Gasteiger partial charge is 0.460 e. The van der Waals surface area contributed by atoms with Crippen molar-refractivity contribution in [1.29, 1.82) is 0 Å². The lowest BCUT2D eigenvalue weighted by molar-refractivity contribution is -0.275. The van der Waals surface area contributed by atoms with Gasteiger partial charge >= 0.3 is 5.97 Å². The lowest BCUT2D eigenvalue weighted by Crippen LogP contribution is -2.58. The summed E-state index contributed by atoms with van der Waals surface area (Å²) in [5.41, 5.74) is -0.531. The molecule has 12 heteroatoms. The minimum atomic E-state index is -1.24. The Morgan fingerprint density at radius 2 is 1.63 bits per heavy atom. The van der Waals surface area contributed by atoms with E-state index in [2.05, 4.69) is 16.0 Å². The van der Waals surface area contributed by atoms with Gasteiger partial charge in [-0.2, -0.15) is 0 Å². The van der Waals surface area contributed by atoms with Crippen LogP contribution in [-0.4, -0.2) is 89.8 Å². The maximum atomic E-state index is 12.7. The van der Waals surface area contributed by atoms with Crippen LogP contribution in [0.15, 0.2) is 0 Å². The second-order valence-electron chi connectivity index (χ2n) is 10.8. The summed E-state index contributed by atoms with van der Waals surface area (Å²) in [4.78, 5) is 47.1. The van der Waals surface area contributed by atoms with Gasteiger partial charge in [-0.25, -0.2) is 0 Å². The summed E-state index contributed by atoms with van der Waals surface area (Å²) in [5.74, 6) is -1.72. The Hall–Kier alpha value is -2.28. The molecular formula is C26H47N3O9. The summed E-state index contributed by atoms with van der Waals surface area (Å²) in [7, 11) is 0. The fourth-order valence-corrected chi connectivity index (χ4v) is 3.97. The van der Waals surface area contributed by atoms with Crippen LogP contribution in [0.2, 0.25) is 0 Å². The fraction of sp³-hybridized carbons (Fsp3) is 0.846. The number of aliphatic hydroxyl groups is 2. The monoisotopic (exact) mass is 545 g/mol. The van der Waals surface area contributed by atoms with Crippen LogP contribution in [0.5, 0.6) is 0 Å². The minimum absolute atomic E-state index is 0.0930. The average Bonchev–Trinajstić information content (AvgIpc) is 2.80. The van der Waals surface area contributed by atoms with E-state index in [1.807, 2.05) is 20.8 Å². The molecule has 0 aromatic heterocycles. The third-order valence-electron chi connectivity index (χ3n) is 5.95. The van der Waals surface area contributed by atoms with Crippen molar-refractivity contribution in [3.05, 3.63) is 0 Å². The van der Waals surface area contributed by atoms with Crippen LogP contribution in [0.25, 0.3) is 0 Å². The molecule has 5 N–H and O–H groups in total. The first-order chi connectivity index (χ1) is 17.7. The van der Waals surface area contributed by atoms with Crippen LogP contribution >= 0.6 is 0 Å². The minimum Gasteiger partial charge on any atom is -0.460 e. The van der Waals surface area contributed by atoms with E-state index in [1.165, 1.54) is 13.8 Å². The molecule has 38 heavy (non-hydrogen) atoms. The highest BCUT2D eigenvalue weighted by atomic mass is 16.7. The molecule has 0 saturated carbocycles. The number of ether oxygens (including phenoxy) is 3. The van der Waals surface area contributed by atoms with Crippen molar-refractivity contribution in [3.63, 3.8) is 0 Å². The lowest BCUT2D eigenvalue weighted by Gasteiger charge is -2.41. The molecule has 1 heterocycles. The topological polar surface area (TPSA) is 173 Å². The van der Waals surface area contributed by atoms with E-state index in [0.29, 0.717) is 38.6 Å². The summed E-state index contributed by atoms with van der Waals surface area (Å²) >= 11 is 0. The molecule has 0 aliphatic carbocycles. The summed E-state index contributed by atoms with van der Waals surface area (Å²) in [6.45, 7) is 10.5. The first-order valence-corrected chi connectivity index (χ1v) is 13.4. The standard InChI is InChI=1S/C26H47N3O9/c1-16-22(33)23(34)20(37-25(16)36-14-10-8-12-21(32)38-26(4,5)6)15-28-24(35)19(29-18(3)31)11-7-9-13-27-17(2)30/h16,19-20,22-23,25,33-34H,7-15H2,1-6H3,(H,27,30)(H,28,35)(H,29,31)/t16?,19-,20?,22?,23?,25?/m1/s1. The molecule has 0 aromatic rings. The Morgan fingerprint density at radius 3 is 2.24 bits per heavy atom. The van der Waals surface area contributed by atoms with Crippen molar-refractivity contribution >= 4 is 23.7 Å². The number of esters is 1. The van der Waals surface area contributed by atoms with Gasteiger partial charge in [-0.05, 0) is 52.9 Å². The third-order valence-corrected chi connectivity index (χ3v) is 5.95. The molecule has 5 unspecified atom stereocenters. The zero-order valence-corrected chi connectivity index (χ0v) is 23.6. The third kappa shape index (κ3) is 13.5. The Balaban J connectivity index is 2.54. The Bertz CT molecular complexity index is 772. The van der Waals surface area contributed by atoms with Crippen molar-refractivity contribution in [2.45, 2.75) is 116 Å². The van der Waals surface area contributed by atoms with Gasteiger partial charge in [0, 0.05) is 45.9 Å².